The van der Waals surface area contributed by atoms with Gasteiger partial charge >= 0.3 is 0 Å². The summed E-state index contributed by atoms with van der Waals surface area (Å²) < 4.78 is 10.2. The minimum atomic E-state index is 0.295. The fraction of sp³-hybridized carbons (Fsp3) is 0.222. The Morgan fingerprint density at radius 2 is 2.43 bits per heavy atom. The van der Waals surface area contributed by atoms with Crippen molar-refractivity contribution in [3.63, 3.8) is 0 Å². The van der Waals surface area contributed by atoms with Crippen LogP contribution in [-0.2, 0) is 6.61 Å². The zero-order valence-electron chi connectivity index (χ0n) is 7.67. The Hall–Kier alpha value is -1.91. The van der Waals surface area contributed by atoms with Crippen LogP contribution in [-0.4, -0.2) is 15.1 Å². The Morgan fingerprint density at radius 3 is 3.07 bits per heavy atom. The Labute approximate surface area is 80.7 Å². The lowest BCUT2D eigenvalue weighted by Crippen LogP contribution is -1.97. The third-order valence-corrected chi connectivity index (χ3v) is 1.57. The molecular weight excluding hydrogens is 182 g/mol. The van der Waals surface area contributed by atoms with E-state index in [1.165, 1.54) is 0 Å². The SMILES string of the molecule is Cc1nc(COc2cccnc2)no1. The summed E-state index contributed by atoms with van der Waals surface area (Å²) in [5, 5.41) is 3.70. The molecule has 0 unspecified atom stereocenters. The van der Waals surface area contributed by atoms with Gasteiger partial charge in [-0.1, -0.05) is 5.16 Å². The first-order valence-corrected chi connectivity index (χ1v) is 4.16. The van der Waals surface area contributed by atoms with Crippen LogP contribution in [0.4, 0.5) is 0 Å². The highest BCUT2D eigenvalue weighted by atomic mass is 16.5. The second kappa shape index (κ2) is 3.87. The molecule has 72 valence electrons. The molecule has 5 nitrogen and oxygen atoms in total. The van der Waals surface area contributed by atoms with Crippen molar-refractivity contribution < 1.29 is 9.26 Å². The molecule has 14 heavy (non-hydrogen) atoms. The standard InChI is InChI=1S/C9H9N3O2/c1-7-11-9(12-14-7)6-13-8-3-2-4-10-5-8/h2-5H,6H2,1H3. The second-order valence-corrected chi connectivity index (χ2v) is 2.71. The van der Waals surface area contributed by atoms with Gasteiger partial charge in [-0.2, -0.15) is 4.98 Å². The minimum Gasteiger partial charge on any atom is -0.484 e. The fourth-order valence-electron chi connectivity index (χ4n) is 0.980. The summed E-state index contributed by atoms with van der Waals surface area (Å²) in [5.74, 6) is 1.76. The normalized spacial score (nSPS) is 10.1. The van der Waals surface area contributed by atoms with E-state index in [9.17, 15) is 0 Å². The molecule has 2 aromatic heterocycles. The summed E-state index contributed by atoms with van der Waals surface area (Å²) in [7, 11) is 0. The van der Waals surface area contributed by atoms with Gasteiger partial charge in [0.25, 0.3) is 0 Å². The average Bonchev–Trinajstić information content (AvgIpc) is 2.63. The maximum absolute atomic E-state index is 5.36. The third-order valence-electron chi connectivity index (χ3n) is 1.57. The predicted octanol–water partition coefficient (Wildman–Crippen LogP) is 1.35. The van der Waals surface area contributed by atoms with Gasteiger partial charge in [-0.05, 0) is 12.1 Å². The van der Waals surface area contributed by atoms with Crippen LogP contribution in [0.15, 0.2) is 29.0 Å². The van der Waals surface area contributed by atoms with Crippen molar-refractivity contribution >= 4 is 0 Å². The molecule has 5 heteroatoms. The second-order valence-electron chi connectivity index (χ2n) is 2.71. The smallest absolute Gasteiger partial charge is 0.223 e. The van der Waals surface area contributed by atoms with Crippen molar-refractivity contribution in [2.75, 3.05) is 0 Å². The molecule has 0 spiro atoms. The van der Waals surface area contributed by atoms with Gasteiger partial charge in [-0.25, -0.2) is 0 Å². The van der Waals surface area contributed by atoms with Crippen molar-refractivity contribution in [2.45, 2.75) is 13.5 Å². The van der Waals surface area contributed by atoms with Crippen LogP contribution in [0.3, 0.4) is 0 Å². The zero-order valence-corrected chi connectivity index (χ0v) is 7.67. The number of nitrogens with zero attached hydrogens (tertiary/aromatic N) is 3. The van der Waals surface area contributed by atoms with E-state index in [4.69, 9.17) is 9.26 Å². The average molecular weight is 191 g/mol. The van der Waals surface area contributed by atoms with Crippen molar-refractivity contribution in [1.82, 2.24) is 15.1 Å². The number of hydrogen-bond donors (Lipinski definition) is 0. The molecule has 0 N–H and O–H groups in total. The van der Waals surface area contributed by atoms with Crippen LogP contribution in [0.2, 0.25) is 0 Å². The van der Waals surface area contributed by atoms with E-state index in [-0.39, 0.29) is 0 Å². The first kappa shape index (κ1) is 8.68. The fourth-order valence-corrected chi connectivity index (χ4v) is 0.980. The Balaban J connectivity index is 1.95. The molecule has 2 aromatic rings. The molecule has 0 saturated heterocycles. The largest absolute Gasteiger partial charge is 0.484 e. The van der Waals surface area contributed by atoms with Crippen LogP contribution in [0, 0.1) is 6.92 Å². The van der Waals surface area contributed by atoms with E-state index in [1.807, 2.05) is 6.07 Å². The summed E-state index contributed by atoms with van der Waals surface area (Å²) in [5.41, 5.74) is 0. The van der Waals surface area contributed by atoms with Gasteiger partial charge < -0.3 is 9.26 Å². The first-order chi connectivity index (χ1) is 6.84. The molecule has 0 radical (unpaired) electrons. The number of pyridine rings is 1. The molecule has 0 fully saturated rings. The molecule has 2 rings (SSSR count). The highest BCUT2D eigenvalue weighted by molar-refractivity contribution is 5.15. The maximum Gasteiger partial charge on any atom is 0.223 e. The molecule has 0 saturated carbocycles. The summed E-state index contributed by atoms with van der Waals surface area (Å²) in [6, 6.07) is 3.62. The van der Waals surface area contributed by atoms with E-state index in [1.54, 1.807) is 25.4 Å². The number of aromatic nitrogens is 3. The molecule has 0 aliphatic carbocycles. The van der Waals surface area contributed by atoms with Crippen molar-refractivity contribution in [3.05, 3.63) is 36.2 Å². The minimum absolute atomic E-state index is 0.295. The van der Waals surface area contributed by atoms with Gasteiger partial charge in [-0.15, -0.1) is 0 Å². The van der Waals surface area contributed by atoms with E-state index in [0.717, 1.165) is 0 Å². The van der Waals surface area contributed by atoms with Crippen LogP contribution in [0.1, 0.15) is 11.7 Å². The van der Waals surface area contributed by atoms with Crippen molar-refractivity contribution in [2.24, 2.45) is 0 Å². The molecule has 0 aliphatic heterocycles. The summed E-state index contributed by atoms with van der Waals surface area (Å²) in [4.78, 5) is 7.92. The number of ether oxygens (including phenoxy) is 1. The van der Waals surface area contributed by atoms with Gasteiger partial charge in [0.15, 0.2) is 6.61 Å². The Bertz CT molecular complexity index is 399. The molecule has 2 heterocycles. The molecular formula is C9H9N3O2. The maximum atomic E-state index is 5.36. The molecule has 0 aliphatic rings. The van der Waals surface area contributed by atoms with Gasteiger partial charge in [-0.3, -0.25) is 4.98 Å². The molecule has 0 bridgehead atoms. The van der Waals surface area contributed by atoms with E-state index < -0.39 is 0 Å². The first-order valence-electron chi connectivity index (χ1n) is 4.16. The van der Waals surface area contributed by atoms with Gasteiger partial charge in [0.2, 0.25) is 11.7 Å². The lowest BCUT2D eigenvalue weighted by atomic mass is 10.5. The highest BCUT2D eigenvalue weighted by Gasteiger charge is 2.02. The number of rotatable bonds is 3. The summed E-state index contributed by atoms with van der Waals surface area (Å²) in [6.07, 6.45) is 3.32. The lowest BCUT2D eigenvalue weighted by molar-refractivity contribution is 0.284. The van der Waals surface area contributed by atoms with Crippen molar-refractivity contribution in [1.29, 1.82) is 0 Å². The van der Waals surface area contributed by atoms with Crippen molar-refractivity contribution in [3.8, 4) is 5.75 Å². The summed E-state index contributed by atoms with van der Waals surface area (Å²) >= 11 is 0. The topological polar surface area (TPSA) is 61.0 Å². The predicted molar refractivity (Wildman–Crippen MR) is 47.6 cm³/mol. The Kier molecular flexibility index (Phi) is 2.40. The van der Waals surface area contributed by atoms with E-state index in [2.05, 4.69) is 15.1 Å². The van der Waals surface area contributed by atoms with Crippen LogP contribution >= 0.6 is 0 Å². The van der Waals surface area contributed by atoms with Gasteiger partial charge in [0, 0.05) is 13.1 Å². The third kappa shape index (κ3) is 2.07. The molecule has 0 aromatic carbocycles. The van der Waals surface area contributed by atoms with E-state index in [0.29, 0.717) is 24.1 Å². The van der Waals surface area contributed by atoms with Crippen LogP contribution < -0.4 is 4.74 Å². The van der Waals surface area contributed by atoms with Crippen LogP contribution in [0.25, 0.3) is 0 Å². The lowest BCUT2D eigenvalue weighted by Gasteiger charge is -2.00. The highest BCUT2D eigenvalue weighted by Crippen LogP contribution is 2.08. The summed E-state index contributed by atoms with van der Waals surface area (Å²) in [6.45, 7) is 2.03. The zero-order chi connectivity index (χ0) is 9.80. The van der Waals surface area contributed by atoms with Gasteiger partial charge in [0.05, 0.1) is 6.20 Å². The Morgan fingerprint density at radius 1 is 1.50 bits per heavy atom. The van der Waals surface area contributed by atoms with Gasteiger partial charge in [0.1, 0.15) is 5.75 Å². The monoisotopic (exact) mass is 191 g/mol. The number of hydrogen-bond acceptors (Lipinski definition) is 5. The molecule has 0 atom stereocenters. The number of aryl methyl sites for hydroxylation is 1. The van der Waals surface area contributed by atoms with E-state index >= 15 is 0 Å². The molecule has 0 amide bonds. The van der Waals surface area contributed by atoms with Crippen LogP contribution in [0.5, 0.6) is 5.75 Å². The quantitative estimate of drug-likeness (QED) is 0.732.